The van der Waals surface area contributed by atoms with Crippen LogP contribution in [0, 0.1) is 0 Å². The van der Waals surface area contributed by atoms with Crippen LogP contribution >= 0.6 is 0 Å². The zero-order valence-electron chi connectivity index (χ0n) is 11.2. The zero-order chi connectivity index (χ0) is 12.6. The lowest BCUT2D eigenvalue weighted by Crippen LogP contribution is -2.27. The molecule has 1 N–H and O–H groups in total. The molecule has 1 aromatic rings. The molecule has 1 aliphatic heterocycles. The highest BCUT2D eigenvalue weighted by Crippen LogP contribution is 2.18. The zero-order valence-corrected chi connectivity index (χ0v) is 11.2. The fraction of sp³-hybridized carbons (Fsp3) is 0.600. The first kappa shape index (κ1) is 13.4. The van der Waals surface area contributed by atoms with Crippen LogP contribution < -0.4 is 5.32 Å². The van der Waals surface area contributed by atoms with Gasteiger partial charge in [0.15, 0.2) is 0 Å². The fourth-order valence-corrected chi connectivity index (χ4v) is 2.31. The minimum absolute atomic E-state index is 0.370. The predicted molar refractivity (Wildman–Crippen MR) is 74.1 cm³/mol. The van der Waals surface area contributed by atoms with Gasteiger partial charge in [-0.1, -0.05) is 18.2 Å². The summed E-state index contributed by atoms with van der Waals surface area (Å²) in [6, 6.07) is 8.44. The van der Waals surface area contributed by atoms with Gasteiger partial charge in [0.1, 0.15) is 0 Å². The van der Waals surface area contributed by atoms with E-state index in [2.05, 4.69) is 29.6 Å². The van der Waals surface area contributed by atoms with Crippen molar-refractivity contribution in [2.24, 2.45) is 0 Å². The second-order valence-electron chi connectivity index (χ2n) is 4.77. The minimum Gasteiger partial charge on any atom is -0.384 e. The number of hydrogen-bond donors (Lipinski definition) is 1. The van der Waals surface area contributed by atoms with Crippen molar-refractivity contribution >= 4 is 5.69 Å². The first-order chi connectivity index (χ1) is 8.90. The molecule has 0 bridgehead atoms. The maximum Gasteiger partial charge on any atom is 0.0747 e. The van der Waals surface area contributed by atoms with E-state index < -0.39 is 0 Å². The summed E-state index contributed by atoms with van der Waals surface area (Å²) >= 11 is 0. The SMILES string of the molecule is COCCc1ccccc1NCC1CCCCO1. The van der Waals surface area contributed by atoms with Crippen molar-refractivity contribution in [3.8, 4) is 0 Å². The quantitative estimate of drug-likeness (QED) is 0.841. The summed E-state index contributed by atoms with van der Waals surface area (Å²) in [4.78, 5) is 0. The number of methoxy groups -OCH3 is 1. The lowest BCUT2D eigenvalue weighted by atomic mass is 10.1. The second kappa shape index (κ2) is 7.39. The third-order valence-corrected chi connectivity index (χ3v) is 3.39. The Hall–Kier alpha value is -1.06. The number of ether oxygens (including phenoxy) is 2. The highest BCUT2D eigenvalue weighted by atomic mass is 16.5. The van der Waals surface area contributed by atoms with Gasteiger partial charge in [-0.05, 0) is 37.3 Å². The lowest BCUT2D eigenvalue weighted by Gasteiger charge is -2.23. The summed E-state index contributed by atoms with van der Waals surface area (Å²) in [6.07, 6.45) is 4.99. The molecule has 1 unspecified atom stereocenters. The Morgan fingerprint density at radius 1 is 1.33 bits per heavy atom. The summed E-state index contributed by atoms with van der Waals surface area (Å²) in [5, 5.41) is 3.51. The smallest absolute Gasteiger partial charge is 0.0747 e. The molecule has 1 fully saturated rings. The van der Waals surface area contributed by atoms with Gasteiger partial charge in [0.2, 0.25) is 0 Å². The predicted octanol–water partition coefficient (Wildman–Crippen LogP) is 2.86. The van der Waals surface area contributed by atoms with Crippen molar-refractivity contribution in [2.75, 3.05) is 32.2 Å². The summed E-state index contributed by atoms with van der Waals surface area (Å²) in [5.74, 6) is 0. The molecule has 18 heavy (non-hydrogen) atoms. The molecule has 1 saturated heterocycles. The monoisotopic (exact) mass is 249 g/mol. The maximum absolute atomic E-state index is 5.73. The average molecular weight is 249 g/mol. The third-order valence-electron chi connectivity index (χ3n) is 3.39. The van der Waals surface area contributed by atoms with Crippen molar-refractivity contribution in [2.45, 2.75) is 31.8 Å². The molecule has 1 heterocycles. The molecule has 100 valence electrons. The largest absolute Gasteiger partial charge is 0.384 e. The van der Waals surface area contributed by atoms with E-state index >= 15 is 0 Å². The van der Waals surface area contributed by atoms with Crippen LogP contribution in [0.4, 0.5) is 5.69 Å². The molecule has 0 saturated carbocycles. The van der Waals surface area contributed by atoms with Gasteiger partial charge in [-0.15, -0.1) is 0 Å². The van der Waals surface area contributed by atoms with Gasteiger partial charge in [0.05, 0.1) is 12.7 Å². The molecule has 1 atom stereocenters. The van der Waals surface area contributed by atoms with E-state index in [-0.39, 0.29) is 0 Å². The van der Waals surface area contributed by atoms with E-state index in [1.807, 2.05) is 0 Å². The molecular weight excluding hydrogens is 226 g/mol. The number of rotatable bonds is 6. The molecule has 2 rings (SSSR count). The minimum atomic E-state index is 0.370. The first-order valence-electron chi connectivity index (χ1n) is 6.82. The molecule has 3 nitrogen and oxygen atoms in total. The van der Waals surface area contributed by atoms with Crippen molar-refractivity contribution in [1.29, 1.82) is 0 Å². The second-order valence-corrected chi connectivity index (χ2v) is 4.77. The van der Waals surface area contributed by atoms with E-state index in [0.717, 1.165) is 26.2 Å². The van der Waals surface area contributed by atoms with Gasteiger partial charge >= 0.3 is 0 Å². The molecular formula is C15H23NO2. The lowest BCUT2D eigenvalue weighted by molar-refractivity contribution is 0.0247. The number of hydrogen-bond acceptors (Lipinski definition) is 3. The fourth-order valence-electron chi connectivity index (χ4n) is 2.31. The van der Waals surface area contributed by atoms with E-state index in [0.29, 0.717) is 6.10 Å². The Labute approximate surface area is 109 Å². The van der Waals surface area contributed by atoms with Crippen LogP contribution in [0.3, 0.4) is 0 Å². The number of benzene rings is 1. The number of para-hydroxylation sites is 1. The van der Waals surface area contributed by atoms with E-state index in [1.165, 1.54) is 30.5 Å². The van der Waals surface area contributed by atoms with E-state index in [9.17, 15) is 0 Å². The summed E-state index contributed by atoms with van der Waals surface area (Å²) in [7, 11) is 1.74. The van der Waals surface area contributed by atoms with Gasteiger partial charge in [-0.25, -0.2) is 0 Å². The van der Waals surface area contributed by atoms with Crippen LogP contribution in [0.5, 0.6) is 0 Å². The third kappa shape index (κ3) is 4.00. The van der Waals surface area contributed by atoms with E-state index in [1.54, 1.807) is 7.11 Å². The maximum atomic E-state index is 5.73. The van der Waals surface area contributed by atoms with Crippen molar-refractivity contribution in [3.05, 3.63) is 29.8 Å². The molecule has 3 heteroatoms. The molecule has 1 aliphatic rings. The van der Waals surface area contributed by atoms with Crippen LogP contribution in [-0.4, -0.2) is 33.0 Å². The Morgan fingerprint density at radius 2 is 2.22 bits per heavy atom. The van der Waals surface area contributed by atoms with Crippen molar-refractivity contribution in [1.82, 2.24) is 0 Å². The first-order valence-corrected chi connectivity index (χ1v) is 6.82. The van der Waals surface area contributed by atoms with Gasteiger partial charge in [0, 0.05) is 25.9 Å². The van der Waals surface area contributed by atoms with Crippen molar-refractivity contribution in [3.63, 3.8) is 0 Å². The Morgan fingerprint density at radius 3 is 3.00 bits per heavy atom. The number of nitrogens with one attached hydrogen (secondary N) is 1. The van der Waals surface area contributed by atoms with Crippen LogP contribution in [-0.2, 0) is 15.9 Å². The molecule has 0 spiro atoms. The molecule has 0 radical (unpaired) electrons. The van der Waals surface area contributed by atoms with Crippen LogP contribution in [0.1, 0.15) is 24.8 Å². The van der Waals surface area contributed by atoms with Crippen LogP contribution in [0.15, 0.2) is 24.3 Å². The Kier molecular flexibility index (Phi) is 5.49. The molecule has 0 amide bonds. The highest BCUT2D eigenvalue weighted by molar-refractivity contribution is 5.51. The molecule has 0 aliphatic carbocycles. The van der Waals surface area contributed by atoms with Crippen LogP contribution in [0.2, 0.25) is 0 Å². The standard InChI is InChI=1S/C15H23NO2/c1-17-11-9-13-6-2-3-8-15(13)16-12-14-7-4-5-10-18-14/h2-3,6,8,14,16H,4-5,7,9-12H2,1H3. The Bertz CT molecular complexity index is 348. The molecule has 0 aromatic heterocycles. The van der Waals surface area contributed by atoms with Gasteiger partial charge in [0.25, 0.3) is 0 Å². The van der Waals surface area contributed by atoms with Gasteiger partial charge in [-0.2, -0.15) is 0 Å². The van der Waals surface area contributed by atoms with Crippen LogP contribution in [0.25, 0.3) is 0 Å². The number of anilines is 1. The normalized spacial score (nSPS) is 19.7. The summed E-state index contributed by atoms with van der Waals surface area (Å²) in [6.45, 7) is 2.58. The van der Waals surface area contributed by atoms with E-state index in [4.69, 9.17) is 9.47 Å². The topological polar surface area (TPSA) is 30.5 Å². The average Bonchev–Trinajstić information content (AvgIpc) is 2.45. The van der Waals surface area contributed by atoms with Crippen molar-refractivity contribution < 1.29 is 9.47 Å². The Balaban J connectivity index is 1.87. The summed E-state index contributed by atoms with van der Waals surface area (Å²) in [5.41, 5.74) is 2.53. The van der Waals surface area contributed by atoms with Gasteiger partial charge < -0.3 is 14.8 Å². The summed E-state index contributed by atoms with van der Waals surface area (Å²) < 4.78 is 10.9. The highest BCUT2D eigenvalue weighted by Gasteiger charge is 2.13. The molecule has 1 aromatic carbocycles. The van der Waals surface area contributed by atoms with Gasteiger partial charge in [-0.3, -0.25) is 0 Å².